The Morgan fingerprint density at radius 3 is 2.74 bits per heavy atom. The number of nitrogens with zero attached hydrogens (tertiary/aromatic N) is 1. The van der Waals surface area contributed by atoms with E-state index >= 15 is 0 Å². The van der Waals surface area contributed by atoms with Crippen LogP contribution < -0.4 is 10.6 Å². The van der Waals surface area contributed by atoms with Crippen molar-refractivity contribution in [1.82, 2.24) is 15.5 Å². The van der Waals surface area contributed by atoms with E-state index in [9.17, 15) is 14.0 Å². The SMILES string of the molecule is COC(=O)c1ccc(CNC(=O)N2CCNCC2c2cccc(F)c2)cc1. The molecule has 1 aliphatic heterocycles. The summed E-state index contributed by atoms with van der Waals surface area (Å²) in [5.74, 6) is -0.714. The van der Waals surface area contributed by atoms with Gasteiger partial charge in [-0.3, -0.25) is 0 Å². The fourth-order valence-corrected chi connectivity index (χ4v) is 3.11. The Balaban J connectivity index is 1.64. The second kappa shape index (κ2) is 8.64. The van der Waals surface area contributed by atoms with Gasteiger partial charge in [-0.15, -0.1) is 0 Å². The molecule has 0 spiro atoms. The van der Waals surface area contributed by atoms with Crippen LogP contribution in [0, 0.1) is 5.82 Å². The minimum atomic E-state index is -0.399. The molecule has 0 radical (unpaired) electrons. The highest BCUT2D eigenvalue weighted by Crippen LogP contribution is 2.23. The highest BCUT2D eigenvalue weighted by Gasteiger charge is 2.27. The zero-order valence-corrected chi connectivity index (χ0v) is 15.1. The topological polar surface area (TPSA) is 70.7 Å². The Morgan fingerprint density at radius 1 is 1.26 bits per heavy atom. The van der Waals surface area contributed by atoms with Crippen LogP contribution >= 0.6 is 0 Å². The molecule has 1 saturated heterocycles. The number of carbonyl (C=O) groups excluding carboxylic acids is 2. The van der Waals surface area contributed by atoms with Gasteiger partial charge in [-0.1, -0.05) is 24.3 Å². The molecule has 1 atom stereocenters. The van der Waals surface area contributed by atoms with Gasteiger partial charge in [0.05, 0.1) is 18.7 Å². The van der Waals surface area contributed by atoms with Crippen molar-refractivity contribution in [1.29, 1.82) is 0 Å². The Labute approximate surface area is 157 Å². The van der Waals surface area contributed by atoms with E-state index in [1.165, 1.54) is 19.2 Å². The summed E-state index contributed by atoms with van der Waals surface area (Å²) in [4.78, 5) is 25.9. The number of ether oxygens (including phenoxy) is 1. The lowest BCUT2D eigenvalue weighted by Gasteiger charge is -2.36. The van der Waals surface area contributed by atoms with Gasteiger partial charge >= 0.3 is 12.0 Å². The monoisotopic (exact) mass is 371 g/mol. The van der Waals surface area contributed by atoms with Crippen LogP contribution in [0.5, 0.6) is 0 Å². The molecule has 1 aliphatic rings. The van der Waals surface area contributed by atoms with Gasteiger partial charge in [0.1, 0.15) is 5.82 Å². The maximum atomic E-state index is 13.6. The first kappa shape index (κ1) is 18.8. The maximum absolute atomic E-state index is 13.6. The third-order valence-electron chi connectivity index (χ3n) is 4.56. The van der Waals surface area contributed by atoms with Crippen molar-refractivity contribution in [3.05, 3.63) is 71.0 Å². The average molecular weight is 371 g/mol. The number of rotatable bonds is 4. The number of benzene rings is 2. The first-order valence-corrected chi connectivity index (χ1v) is 8.76. The van der Waals surface area contributed by atoms with Crippen molar-refractivity contribution < 1.29 is 18.7 Å². The zero-order valence-electron chi connectivity index (χ0n) is 15.1. The maximum Gasteiger partial charge on any atom is 0.337 e. The molecule has 1 heterocycles. The minimum absolute atomic E-state index is 0.206. The van der Waals surface area contributed by atoms with Gasteiger partial charge in [0.2, 0.25) is 0 Å². The predicted octanol–water partition coefficient (Wildman–Crippen LogP) is 2.47. The second-order valence-electron chi connectivity index (χ2n) is 6.32. The molecule has 2 aromatic rings. The number of methoxy groups -OCH3 is 1. The standard InChI is InChI=1S/C20H22FN3O3/c1-27-19(25)15-7-5-14(6-8-15)12-23-20(26)24-10-9-22-13-18(24)16-3-2-4-17(21)11-16/h2-8,11,18,22H,9-10,12-13H2,1H3,(H,23,26). The Hall–Kier alpha value is -2.93. The average Bonchev–Trinajstić information content (AvgIpc) is 2.72. The van der Waals surface area contributed by atoms with Crippen molar-refractivity contribution in [2.24, 2.45) is 0 Å². The van der Waals surface area contributed by atoms with Crippen LogP contribution in [-0.4, -0.2) is 43.6 Å². The van der Waals surface area contributed by atoms with Gasteiger partial charge in [-0.2, -0.15) is 0 Å². The molecule has 0 bridgehead atoms. The lowest BCUT2D eigenvalue weighted by Crippen LogP contribution is -2.51. The Bertz CT molecular complexity index is 810. The van der Waals surface area contributed by atoms with E-state index in [4.69, 9.17) is 0 Å². The quantitative estimate of drug-likeness (QED) is 0.810. The number of piperazine rings is 1. The molecule has 6 nitrogen and oxygen atoms in total. The summed E-state index contributed by atoms with van der Waals surface area (Å²) < 4.78 is 18.2. The van der Waals surface area contributed by atoms with Crippen molar-refractivity contribution in [2.45, 2.75) is 12.6 Å². The Morgan fingerprint density at radius 2 is 2.04 bits per heavy atom. The van der Waals surface area contributed by atoms with Gasteiger partial charge in [0.15, 0.2) is 0 Å². The molecule has 3 rings (SSSR count). The number of hydrogen-bond donors (Lipinski definition) is 2. The van der Waals surface area contributed by atoms with Gasteiger partial charge in [0.25, 0.3) is 0 Å². The fraction of sp³-hybridized carbons (Fsp3) is 0.300. The first-order chi connectivity index (χ1) is 13.1. The van der Waals surface area contributed by atoms with E-state index in [2.05, 4.69) is 15.4 Å². The van der Waals surface area contributed by atoms with E-state index < -0.39 is 5.97 Å². The summed E-state index contributed by atoms with van der Waals surface area (Å²) in [5.41, 5.74) is 2.09. The minimum Gasteiger partial charge on any atom is -0.465 e. The van der Waals surface area contributed by atoms with E-state index in [1.54, 1.807) is 35.2 Å². The van der Waals surface area contributed by atoms with Crippen molar-refractivity contribution in [3.8, 4) is 0 Å². The molecular weight excluding hydrogens is 349 g/mol. The van der Waals surface area contributed by atoms with E-state index in [0.29, 0.717) is 31.7 Å². The van der Waals surface area contributed by atoms with E-state index in [-0.39, 0.29) is 17.9 Å². The predicted molar refractivity (Wildman–Crippen MR) is 98.7 cm³/mol. The largest absolute Gasteiger partial charge is 0.465 e. The van der Waals surface area contributed by atoms with E-state index in [0.717, 1.165) is 11.1 Å². The molecule has 0 aromatic heterocycles. The van der Waals surface area contributed by atoms with Crippen molar-refractivity contribution in [3.63, 3.8) is 0 Å². The van der Waals surface area contributed by atoms with Crippen molar-refractivity contribution in [2.75, 3.05) is 26.7 Å². The molecular formula is C20H22FN3O3. The fourth-order valence-electron chi connectivity index (χ4n) is 3.11. The van der Waals surface area contributed by atoms with Crippen LogP contribution in [0.25, 0.3) is 0 Å². The van der Waals surface area contributed by atoms with Crippen LogP contribution in [0.2, 0.25) is 0 Å². The number of urea groups is 1. The smallest absolute Gasteiger partial charge is 0.337 e. The molecule has 7 heteroatoms. The molecule has 0 aliphatic carbocycles. The van der Waals surface area contributed by atoms with Crippen molar-refractivity contribution >= 4 is 12.0 Å². The number of halogens is 1. The molecule has 1 unspecified atom stereocenters. The zero-order chi connectivity index (χ0) is 19.2. The van der Waals surface area contributed by atoms with Gasteiger partial charge in [0, 0.05) is 26.2 Å². The first-order valence-electron chi connectivity index (χ1n) is 8.76. The summed E-state index contributed by atoms with van der Waals surface area (Å²) in [5, 5.41) is 6.14. The summed E-state index contributed by atoms with van der Waals surface area (Å²) >= 11 is 0. The van der Waals surface area contributed by atoms with Crippen LogP contribution in [0.15, 0.2) is 48.5 Å². The molecule has 2 aromatic carbocycles. The lowest BCUT2D eigenvalue weighted by molar-refractivity contribution is 0.0600. The van der Waals surface area contributed by atoms with Crippen LogP contribution in [0.4, 0.5) is 9.18 Å². The molecule has 2 amide bonds. The summed E-state index contributed by atoms with van der Waals surface area (Å²) in [6.45, 7) is 2.13. The molecule has 0 saturated carbocycles. The highest BCUT2D eigenvalue weighted by atomic mass is 19.1. The Kier molecular flexibility index (Phi) is 6.03. The van der Waals surface area contributed by atoms with E-state index in [1.807, 2.05) is 6.07 Å². The number of carbonyl (C=O) groups is 2. The summed E-state index contributed by atoms with van der Waals surface area (Å²) in [7, 11) is 1.33. The van der Waals surface area contributed by atoms with Crippen LogP contribution in [-0.2, 0) is 11.3 Å². The normalized spacial score (nSPS) is 16.7. The highest BCUT2D eigenvalue weighted by molar-refractivity contribution is 5.89. The third kappa shape index (κ3) is 4.62. The molecule has 2 N–H and O–H groups in total. The number of esters is 1. The third-order valence-corrected chi connectivity index (χ3v) is 4.56. The van der Waals surface area contributed by atoms with Gasteiger partial charge in [-0.25, -0.2) is 14.0 Å². The number of amides is 2. The number of nitrogens with one attached hydrogen (secondary N) is 2. The molecule has 27 heavy (non-hydrogen) atoms. The summed E-state index contributed by atoms with van der Waals surface area (Å²) in [6, 6.07) is 12.8. The molecule has 1 fully saturated rings. The van der Waals surface area contributed by atoms with Gasteiger partial charge in [-0.05, 0) is 35.4 Å². The lowest BCUT2D eigenvalue weighted by atomic mass is 10.0. The second-order valence-corrected chi connectivity index (χ2v) is 6.32. The van der Waals surface area contributed by atoms with Crippen LogP contribution in [0.3, 0.4) is 0 Å². The summed E-state index contributed by atoms with van der Waals surface area (Å²) in [6.07, 6.45) is 0. The number of hydrogen-bond acceptors (Lipinski definition) is 4. The molecule has 142 valence electrons. The van der Waals surface area contributed by atoms with Gasteiger partial charge < -0.3 is 20.3 Å². The van der Waals surface area contributed by atoms with Crippen LogP contribution in [0.1, 0.15) is 27.5 Å².